The van der Waals surface area contributed by atoms with Gasteiger partial charge in [0.1, 0.15) is 5.75 Å². The maximum Gasteiger partial charge on any atom is 0.242 e. The number of carbonyl (C=O) groups excluding carboxylic acids is 2. The average molecular weight is 355 g/mol. The van der Waals surface area contributed by atoms with Gasteiger partial charge in [0, 0.05) is 12.6 Å². The van der Waals surface area contributed by atoms with Crippen LogP contribution >= 0.6 is 0 Å². The van der Waals surface area contributed by atoms with Gasteiger partial charge in [-0.3, -0.25) is 9.59 Å². The number of ether oxygens (including phenoxy) is 1. The quantitative estimate of drug-likeness (QED) is 0.795. The summed E-state index contributed by atoms with van der Waals surface area (Å²) in [6.45, 7) is 1.76. The van der Waals surface area contributed by atoms with E-state index >= 15 is 0 Å². The van der Waals surface area contributed by atoms with Gasteiger partial charge in [0.15, 0.2) is 0 Å². The Morgan fingerprint density at radius 1 is 1.15 bits per heavy atom. The van der Waals surface area contributed by atoms with Crippen LogP contribution in [0.5, 0.6) is 5.75 Å². The lowest BCUT2D eigenvalue weighted by molar-refractivity contribution is -0.133. The summed E-state index contributed by atoms with van der Waals surface area (Å²) in [6, 6.07) is 15.7. The smallest absolute Gasteiger partial charge is 0.242 e. The molecule has 0 aliphatic carbocycles. The van der Waals surface area contributed by atoms with Gasteiger partial charge in [0.25, 0.3) is 0 Å². The highest BCUT2D eigenvalue weighted by molar-refractivity contribution is 5.85. The van der Waals surface area contributed by atoms with Crippen molar-refractivity contribution in [3.63, 3.8) is 0 Å². The minimum Gasteiger partial charge on any atom is -0.496 e. The molecule has 0 fully saturated rings. The van der Waals surface area contributed by atoms with Crippen LogP contribution in [-0.4, -0.2) is 44.0 Å². The van der Waals surface area contributed by atoms with E-state index in [-0.39, 0.29) is 30.9 Å². The van der Waals surface area contributed by atoms with Crippen molar-refractivity contribution in [3.8, 4) is 16.9 Å². The molecule has 1 atom stereocenters. The van der Waals surface area contributed by atoms with Gasteiger partial charge in [-0.1, -0.05) is 42.5 Å². The van der Waals surface area contributed by atoms with E-state index in [0.29, 0.717) is 0 Å². The van der Waals surface area contributed by atoms with E-state index < -0.39 is 0 Å². The molecule has 0 spiro atoms. The molecule has 138 valence electrons. The first-order valence-electron chi connectivity index (χ1n) is 8.43. The van der Waals surface area contributed by atoms with Crippen LogP contribution < -0.4 is 15.8 Å². The fourth-order valence-electron chi connectivity index (χ4n) is 2.63. The lowest BCUT2D eigenvalue weighted by Crippen LogP contribution is -2.41. The van der Waals surface area contributed by atoms with Crippen LogP contribution in [0.25, 0.3) is 11.1 Å². The maximum absolute atomic E-state index is 12.2. The first-order chi connectivity index (χ1) is 12.5. The summed E-state index contributed by atoms with van der Waals surface area (Å²) in [5.74, 6) is 0.296. The van der Waals surface area contributed by atoms with Crippen LogP contribution in [0.1, 0.15) is 18.5 Å². The van der Waals surface area contributed by atoms with Gasteiger partial charge in [-0.25, -0.2) is 0 Å². The van der Waals surface area contributed by atoms with E-state index in [9.17, 15) is 9.59 Å². The van der Waals surface area contributed by atoms with E-state index in [4.69, 9.17) is 10.5 Å². The SMILES string of the molecule is COc1ccccc1-c1ccc(C(C)N(C)C(=O)CNC(=O)CN)cc1. The summed E-state index contributed by atoms with van der Waals surface area (Å²) in [5.41, 5.74) is 8.29. The van der Waals surface area contributed by atoms with Crippen molar-refractivity contribution in [2.75, 3.05) is 27.2 Å². The molecule has 6 nitrogen and oxygen atoms in total. The highest BCUT2D eigenvalue weighted by Gasteiger charge is 2.18. The zero-order valence-corrected chi connectivity index (χ0v) is 15.4. The first kappa shape index (κ1) is 19.5. The van der Waals surface area contributed by atoms with Crippen molar-refractivity contribution in [2.45, 2.75) is 13.0 Å². The maximum atomic E-state index is 12.2. The molecule has 2 aromatic rings. The van der Waals surface area contributed by atoms with E-state index in [0.717, 1.165) is 22.4 Å². The predicted molar refractivity (Wildman–Crippen MR) is 102 cm³/mol. The molecular weight excluding hydrogens is 330 g/mol. The minimum atomic E-state index is -0.347. The fraction of sp³-hybridized carbons (Fsp3) is 0.300. The molecule has 0 saturated heterocycles. The number of methoxy groups -OCH3 is 1. The van der Waals surface area contributed by atoms with Crippen molar-refractivity contribution in [3.05, 3.63) is 54.1 Å². The number of likely N-dealkylation sites (N-methyl/N-ethyl adjacent to an activating group) is 1. The standard InChI is InChI=1S/C20H25N3O3/c1-14(23(2)20(25)13-22-19(24)12-21)15-8-10-16(11-9-15)17-6-4-5-7-18(17)26-3/h4-11,14H,12-13,21H2,1-3H3,(H,22,24). The Hall–Kier alpha value is -2.86. The van der Waals surface area contributed by atoms with Gasteiger partial charge >= 0.3 is 0 Å². The number of hydrogen-bond acceptors (Lipinski definition) is 4. The topological polar surface area (TPSA) is 84.7 Å². The molecule has 0 saturated carbocycles. The highest BCUT2D eigenvalue weighted by Crippen LogP contribution is 2.30. The zero-order chi connectivity index (χ0) is 19.1. The van der Waals surface area contributed by atoms with Crippen molar-refractivity contribution >= 4 is 11.8 Å². The molecule has 0 heterocycles. The van der Waals surface area contributed by atoms with Crippen molar-refractivity contribution < 1.29 is 14.3 Å². The number of hydrogen-bond donors (Lipinski definition) is 2. The van der Waals surface area contributed by atoms with Crippen LogP contribution in [-0.2, 0) is 9.59 Å². The first-order valence-corrected chi connectivity index (χ1v) is 8.43. The van der Waals surface area contributed by atoms with Crippen molar-refractivity contribution in [1.82, 2.24) is 10.2 Å². The molecule has 0 bridgehead atoms. The Balaban J connectivity index is 2.09. The molecule has 26 heavy (non-hydrogen) atoms. The summed E-state index contributed by atoms with van der Waals surface area (Å²) in [5, 5.41) is 2.49. The van der Waals surface area contributed by atoms with E-state index in [1.165, 1.54) is 0 Å². The number of benzene rings is 2. The number of nitrogens with one attached hydrogen (secondary N) is 1. The minimum absolute atomic E-state index is 0.0594. The average Bonchev–Trinajstić information content (AvgIpc) is 2.70. The van der Waals surface area contributed by atoms with Crippen LogP contribution in [0.4, 0.5) is 0 Å². The summed E-state index contributed by atoms with van der Waals surface area (Å²) in [7, 11) is 3.37. The molecule has 6 heteroatoms. The Morgan fingerprint density at radius 3 is 2.42 bits per heavy atom. The number of rotatable bonds is 7. The summed E-state index contributed by atoms with van der Waals surface area (Å²) < 4.78 is 5.41. The van der Waals surface area contributed by atoms with Gasteiger partial charge in [-0.2, -0.15) is 0 Å². The normalized spacial score (nSPS) is 11.5. The molecule has 0 radical (unpaired) electrons. The van der Waals surface area contributed by atoms with Crippen LogP contribution in [0.2, 0.25) is 0 Å². The van der Waals surface area contributed by atoms with Gasteiger partial charge in [-0.15, -0.1) is 0 Å². The summed E-state index contributed by atoms with van der Waals surface area (Å²) in [4.78, 5) is 25.0. The van der Waals surface area contributed by atoms with Crippen molar-refractivity contribution in [2.24, 2.45) is 5.73 Å². The third-order valence-corrected chi connectivity index (χ3v) is 4.41. The van der Waals surface area contributed by atoms with Gasteiger partial charge in [0.2, 0.25) is 11.8 Å². The Morgan fingerprint density at radius 2 is 1.81 bits per heavy atom. The van der Waals surface area contributed by atoms with Gasteiger partial charge in [0.05, 0.1) is 26.2 Å². The molecule has 0 aliphatic heterocycles. The second-order valence-electron chi connectivity index (χ2n) is 5.98. The summed E-state index contributed by atoms with van der Waals surface area (Å²) >= 11 is 0. The third-order valence-electron chi connectivity index (χ3n) is 4.41. The van der Waals surface area contributed by atoms with Crippen LogP contribution in [0.3, 0.4) is 0 Å². The molecule has 2 amide bonds. The Labute approximate surface area is 153 Å². The van der Waals surface area contributed by atoms with Gasteiger partial charge < -0.3 is 20.7 Å². The van der Waals surface area contributed by atoms with E-state index in [2.05, 4.69) is 5.32 Å². The lowest BCUT2D eigenvalue weighted by atomic mass is 10.00. The van der Waals surface area contributed by atoms with Crippen molar-refractivity contribution in [1.29, 1.82) is 0 Å². The monoisotopic (exact) mass is 355 g/mol. The third kappa shape index (κ3) is 4.61. The molecule has 0 aliphatic rings. The molecule has 2 rings (SSSR count). The Bertz CT molecular complexity index is 759. The molecule has 3 N–H and O–H groups in total. The molecular formula is C20H25N3O3. The predicted octanol–water partition coefficient (Wildman–Crippen LogP) is 1.96. The van der Waals surface area contributed by atoms with Gasteiger partial charge in [-0.05, 0) is 24.1 Å². The number of nitrogens with two attached hydrogens (primary N) is 1. The second-order valence-corrected chi connectivity index (χ2v) is 5.98. The highest BCUT2D eigenvalue weighted by atomic mass is 16.5. The molecule has 1 unspecified atom stereocenters. The number of nitrogens with zero attached hydrogens (tertiary/aromatic N) is 1. The zero-order valence-electron chi connectivity index (χ0n) is 15.4. The van der Waals surface area contributed by atoms with E-state index in [1.807, 2.05) is 55.5 Å². The number of amides is 2. The summed E-state index contributed by atoms with van der Waals surface area (Å²) in [6.07, 6.45) is 0. The van der Waals surface area contributed by atoms with Crippen LogP contribution in [0, 0.1) is 0 Å². The number of para-hydroxylation sites is 1. The Kier molecular flexibility index (Phi) is 6.74. The lowest BCUT2D eigenvalue weighted by Gasteiger charge is -2.25. The second kappa shape index (κ2) is 9.01. The molecule has 0 aromatic heterocycles. The number of carbonyl (C=O) groups is 2. The fourth-order valence-corrected chi connectivity index (χ4v) is 2.63. The van der Waals surface area contributed by atoms with Crippen LogP contribution in [0.15, 0.2) is 48.5 Å². The largest absolute Gasteiger partial charge is 0.496 e. The van der Waals surface area contributed by atoms with E-state index in [1.54, 1.807) is 19.1 Å². The molecule has 2 aromatic carbocycles.